The zero-order valence-corrected chi connectivity index (χ0v) is 12.8. The minimum Gasteiger partial charge on any atom is -0.473 e. The van der Waals surface area contributed by atoms with Crippen molar-refractivity contribution in [3.8, 4) is 5.88 Å². The highest BCUT2D eigenvalue weighted by molar-refractivity contribution is 5.22. The lowest BCUT2D eigenvalue weighted by atomic mass is 9.78. The van der Waals surface area contributed by atoms with Gasteiger partial charge in [-0.3, -0.25) is 0 Å². The van der Waals surface area contributed by atoms with E-state index in [0.29, 0.717) is 12.0 Å². The van der Waals surface area contributed by atoms with Crippen LogP contribution in [0.5, 0.6) is 5.88 Å². The average molecular weight is 262 g/mol. The van der Waals surface area contributed by atoms with Crippen LogP contribution in [0, 0.1) is 5.41 Å². The third-order valence-electron chi connectivity index (χ3n) is 4.19. The second-order valence-corrected chi connectivity index (χ2v) is 6.81. The lowest BCUT2D eigenvalue weighted by Gasteiger charge is -2.27. The fourth-order valence-corrected chi connectivity index (χ4v) is 2.38. The molecule has 0 aliphatic carbocycles. The maximum absolute atomic E-state index is 5.91. The number of pyridine rings is 1. The molecule has 2 heterocycles. The number of likely N-dealkylation sites (tertiary alicyclic amines) is 1. The molecule has 3 heteroatoms. The van der Waals surface area contributed by atoms with E-state index in [1.54, 1.807) is 0 Å². The van der Waals surface area contributed by atoms with Gasteiger partial charge in [-0.2, -0.15) is 0 Å². The molecule has 1 aliphatic heterocycles. The van der Waals surface area contributed by atoms with E-state index in [2.05, 4.69) is 50.7 Å². The van der Waals surface area contributed by atoms with Crippen molar-refractivity contribution < 1.29 is 4.74 Å². The molecule has 106 valence electrons. The third kappa shape index (κ3) is 3.69. The average Bonchev–Trinajstić information content (AvgIpc) is 2.74. The number of aromatic nitrogens is 1. The summed E-state index contributed by atoms with van der Waals surface area (Å²) in [5, 5.41) is 0. The Morgan fingerprint density at radius 3 is 2.58 bits per heavy atom. The Morgan fingerprint density at radius 1 is 1.37 bits per heavy atom. The molecule has 0 unspecified atom stereocenters. The minimum atomic E-state index is 0.262. The van der Waals surface area contributed by atoms with E-state index in [-0.39, 0.29) is 5.41 Å². The molecule has 1 fully saturated rings. The Bertz CT molecular complexity index is 408. The fraction of sp³-hybridized carbons (Fsp3) is 0.688. The first-order valence-corrected chi connectivity index (χ1v) is 7.17. The summed E-state index contributed by atoms with van der Waals surface area (Å²) in [6.45, 7) is 11.2. The first-order valence-electron chi connectivity index (χ1n) is 7.17. The summed E-state index contributed by atoms with van der Waals surface area (Å²) < 4.78 is 5.91. The molecule has 0 radical (unpaired) electrons. The molecule has 0 saturated carbocycles. The van der Waals surface area contributed by atoms with Gasteiger partial charge in [-0.05, 0) is 30.4 Å². The Morgan fingerprint density at radius 2 is 2.11 bits per heavy atom. The summed E-state index contributed by atoms with van der Waals surface area (Å²) in [6.07, 6.45) is 3.35. The van der Waals surface area contributed by atoms with Gasteiger partial charge in [0.15, 0.2) is 0 Å². The zero-order valence-electron chi connectivity index (χ0n) is 12.8. The number of likely N-dealkylation sites (N-methyl/N-ethyl adjacent to an activating group) is 1. The highest BCUT2D eigenvalue weighted by Crippen LogP contribution is 2.34. The van der Waals surface area contributed by atoms with Gasteiger partial charge >= 0.3 is 0 Å². The summed E-state index contributed by atoms with van der Waals surface area (Å²) in [5.74, 6) is 1.25. The predicted molar refractivity (Wildman–Crippen MR) is 78.6 cm³/mol. The highest BCUT2D eigenvalue weighted by atomic mass is 16.5. The summed E-state index contributed by atoms with van der Waals surface area (Å²) in [5.41, 5.74) is 1.54. The maximum atomic E-state index is 5.91. The summed E-state index contributed by atoms with van der Waals surface area (Å²) in [4.78, 5) is 6.75. The van der Waals surface area contributed by atoms with Gasteiger partial charge < -0.3 is 9.64 Å². The largest absolute Gasteiger partial charge is 0.473 e. The number of rotatable bonds is 3. The summed E-state index contributed by atoms with van der Waals surface area (Å²) >= 11 is 0. The molecular weight excluding hydrogens is 236 g/mol. The lowest BCUT2D eigenvalue weighted by molar-refractivity contribution is 0.200. The molecule has 1 aromatic heterocycles. The van der Waals surface area contributed by atoms with Crippen LogP contribution in [-0.2, 0) is 0 Å². The fourth-order valence-electron chi connectivity index (χ4n) is 2.38. The van der Waals surface area contributed by atoms with Crippen LogP contribution >= 0.6 is 0 Å². The van der Waals surface area contributed by atoms with Crippen molar-refractivity contribution in [2.75, 3.05) is 20.1 Å². The van der Waals surface area contributed by atoms with E-state index in [1.165, 1.54) is 5.56 Å². The molecule has 0 aromatic carbocycles. The Kier molecular flexibility index (Phi) is 4.14. The van der Waals surface area contributed by atoms with Gasteiger partial charge in [-0.1, -0.05) is 33.8 Å². The Balaban J connectivity index is 1.98. The second-order valence-electron chi connectivity index (χ2n) is 6.81. The maximum Gasteiger partial charge on any atom is 0.213 e. The lowest BCUT2D eigenvalue weighted by Crippen LogP contribution is -2.22. The van der Waals surface area contributed by atoms with Crippen molar-refractivity contribution in [1.82, 2.24) is 9.88 Å². The molecule has 0 spiro atoms. The van der Waals surface area contributed by atoms with Gasteiger partial charge in [0.2, 0.25) is 5.88 Å². The van der Waals surface area contributed by atoms with E-state index in [1.807, 2.05) is 12.3 Å². The standard InChI is InChI=1S/C16H26N2O/c1-12(16(2,3)4)13-6-7-15(17-10-13)19-14-8-9-18(5)11-14/h6-7,10,12,14H,8-9,11H2,1-5H3/t12-,14-/m1/s1. The van der Waals surface area contributed by atoms with Gasteiger partial charge in [0.05, 0.1) is 0 Å². The quantitative estimate of drug-likeness (QED) is 0.835. The van der Waals surface area contributed by atoms with E-state index < -0.39 is 0 Å². The van der Waals surface area contributed by atoms with Crippen molar-refractivity contribution in [3.05, 3.63) is 23.9 Å². The molecule has 1 aliphatic rings. The first-order chi connectivity index (χ1) is 8.86. The Labute approximate surface area is 117 Å². The topological polar surface area (TPSA) is 25.4 Å². The van der Waals surface area contributed by atoms with E-state index in [0.717, 1.165) is 25.4 Å². The molecule has 0 bridgehead atoms. The molecule has 0 N–H and O–H groups in total. The second kappa shape index (κ2) is 5.49. The molecule has 1 saturated heterocycles. The van der Waals surface area contributed by atoms with E-state index >= 15 is 0 Å². The van der Waals surface area contributed by atoms with Gasteiger partial charge in [0.25, 0.3) is 0 Å². The molecule has 3 nitrogen and oxygen atoms in total. The highest BCUT2D eigenvalue weighted by Gasteiger charge is 2.23. The van der Waals surface area contributed by atoms with Crippen molar-refractivity contribution in [2.24, 2.45) is 5.41 Å². The third-order valence-corrected chi connectivity index (χ3v) is 4.19. The van der Waals surface area contributed by atoms with Crippen molar-refractivity contribution in [3.63, 3.8) is 0 Å². The minimum absolute atomic E-state index is 0.262. The van der Waals surface area contributed by atoms with Crippen LogP contribution < -0.4 is 4.74 Å². The van der Waals surface area contributed by atoms with Gasteiger partial charge in [0.1, 0.15) is 6.10 Å². The number of nitrogens with zero attached hydrogens (tertiary/aromatic N) is 2. The van der Waals surface area contributed by atoms with Crippen molar-refractivity contribution in [1.29, 1.82) is 0 Å². The van der Waals surface area contributed by atoms with Crippen LogP contribution in [0.15, 0.2) is 18.3 Å². The number of ether oxygens (including phenoxy) is 1. The van der Waals surface area contributed by atoms with E-state index in [4.69, 9.17) is 4.74 Å². The summed E-state index contributed by atoms with van der Waals surface area (Å²) in [7, 11) is 2.13. The monoisotopic (exact) mass is 262 g/mol. The van der Waals surface area contributed by atoms with Gasteiger partial charge in [-0.15, -0.1) is 0 Å². The van der Waals surface area contributed by atoms with E-state index in [9.17, 15) is 0 Å². The Hall–Kier alpha value is -1.09. The van der Waals surface area contributed by atoms with Crippen LogP contribution in [0.4, 0.5) is 0 Å². The number of hydrogen-bond acceptors (Lipinski definition) is 3. The van der Waals surface area contributed by atoms with Crippen LogP contribution in [0.3, 0.4) is 0 Å². The van der Waals surface area contributed by atoms with Gasteiger partial charge in [0, 0.05) is 25.4 Å². The smallest absolute Gasteiger partial charge is 0.213 e. The summed E-state index contributed by atoms with van der Waals surface area (Å²) in [6, 6.07) is 4.16. The van der Waals surface area contributed by atoms with Crippen molar-refractivity contribution >= 4 is 0 Å². The normalized spacial score (nSPS) is 22.5. The molecule has 2 atom stereocenters. The number of hydrogen-bond donors (Lipinski definition) is 0. The molecule has 2 rings (SSSR count). The van der Waals surface area contributed by atoms with Crippen molar-refractivity contribution in [2.45, 2.75) is 46.1 Å². The SMILES string of the molecule is C[C@H](c1ccc(O[C@@H]2CCN(C)C2)nc1)C(C)(C)C. The van der Waals surface area contributed by atoms with Crippen LogP contribution in [-0.4, -0.2) is 36.1 Å². The molecule has 19 heavy (non-hydrogen) atoms. The zero-order chi connectivity index (χ0) is 14.0. The molecule has 0 amide bonds. The predicted octanol–water partition coefficient (Wildman–Crippen LogP) is 3.31. The van der Waals surface area contributed by atoms with Gasteiger partial charge in [-0.25, -0.2) is 4.98 Å². The molecular formula is C16H26N2O. The van der Waals surface area contributed by atoms with Crippen LogP contribution in [0.1, 0.15) is 45.6 Å². The molecule has 1 aromatic rings. The first kappa shape index (κ1) is 14.3. The van der Waals surface area contributed by atoms with Crippen LogP contribution in [0.25, 0.3) is 0 Å². The van der Waals surface area contributed by atoms with Crippen LogP contribution in [0.2, 0.25) is 0 Å².